The topological polar surface area (TPSA) is 37.3 Å². The highest BCUT2D eigenvalue weighted by Crippen LogP contribution is 2.13. The lowest BCUT2D eigenvalue weighted by Crippen LogP contribution is -2.14. The second-order valence-electron chi connectivity index (χ2n) is 5.39. The van der Waals surface area contributed by atoms with Crippen LogP contribution in [0.15, 0.2) is 0 Å². The fourth-order valence-electron chi connectivity index (χ4n) is 2.10. The molecule has 0 saturated carbocycles. The van der Waals surface area contributed by atoms with E-state index in [1.165, 1.54) is 57.8 Å². The average Bonchev–Trinajstić information content (AvgIpc) is 2.43. The van der Waals surface area contributed by atoms with Gasteiger partial charge in [-0.3, -0.25) is 0 Å². The molecular weight excluding hydrogens is 275 g/mol. The Balaban J connectivity index is 3.04. The lowest BCUT2D eigenvalue weighted by atomic mass is 10.1. The Bertz CT molecular complexity index is 225. The van der Waals surface area contributed by atoms with Gasteiger partial charge in [0.25, 0.3) is 0 Å². The number of carboxylic acids is 1. The van der Waals surface area contributed by atoms with Crippen LogP contribution in [0.2, 0.25) is 0 Å². The van der Waals surface area contributed by atoms with Gasteiger partial charge in [-0.1, -0.05) is 58.3 Å². The van der Waals surface area contributed by atoms with Crippen molar-refractivity contribution in [3.05, 3.63) is 0 Å². The van der Waals surface area contributed by atoms with Crippen molar-refractivity contribution in [3.8, 4) is 0 Å². The number of hydrogen-bond donors (Lipinski definition) is 1. The van der Waals surface area contributed by atoms with E-state index in [0.29, 0.717) is 6.42 Å². The molecule has 0 aliphatic rings. The molecule has 0 aromatic heterocycles. The molecule has 0 radical (unpaired) electrons. The Kier molecular flexibility index (Phi) is 15.0. The second kappa shape index (κ2) is 15.1. The maximum Gasteiger partial charge on any atom is 0.338 e. The van der Waals surface area contributed by atoms with Crippen molar-refractivity contribution < 1.29 is 14.3 Å². The third-order valence-electron chi connectivity index (χ3n) is 3.41. The first-order chi connectivity index (χ1) is 9.68. The van der Waals surface area contributed by atoms with Gasteiger partial charge in [-0.05, 0) is 30.8 Å². The van der Waals surface area contributed by atoms with E-state index in [1.807, 2.05) is 11.8 Å². The molecule has 4 heteroatoms. The first-order valence-corrected chi connectivity index (χ1v) is 9.28. The van der Waals surface area contributed by atoms with Gasteiger partial charge in [-0.2, -0.15) is 11.8 Å². The third-order valence-corrected chi connectivity index (χ3v) is 4.56. The largest absolute Gasteiger partial charge is 0.479 e. The summed E-state index contributed by atoms with van der Waals surface area (Å²) >= 11 is 1.82. The highest BCUT2D eigenvalue weighted by molar-refractivity contribution is 7.99. The lowest BCUT2D eigenvalue weighted by molar-refractivity contribution is -0.143. The van der Waals surface area contributed by atoms with Gasteiger partial charge < -0.3 is 5.11 Å². The molecule has 0 aromatic carbocycles. The second-order valence-corrected chi connectivity index (χ2v) is 6.61. The van der Waals surface area contributed by atoms with Crippen LogP contribution in [-0.4, -0.2) is 28.8 Å². The number of aliphatic carboxylic acids is 1. The summed E-state index contributed by atoms with van der Waals surface area (Å²) in [6.45, 7) is 2.24. The zero-order valence-corrected chi connectivity index (χ0v) is 13.7. The summed E-state index contributed by atoms with van der Waals surface area (Å²) in [5.41, 5.74) is 0. The van der Waals surface area contributed by atoms with Crippen molar-refractivity contribution in [3.63, 3.8) is 0 Å². The van der Waals surface area contributed by atoms with Crippen molar-refractivity contribution in [2.75, 3.05) is 11.5 Å². The van der Waals surface area contributed by atoms with Gasteiger partial charge in [0.05, 0.1) is 0 Å². The minimum atomic E-state index is -1.68. The van der Waals surface area contributed by atoms with Crippen LogP contribution in [0, 0.1) is 0 Å². The van der Waals surface area contributed by atoms with Crippen LogP contribution in [0.1, 0.15) is 77.6 Å². The average molecular weight is 306 g/mol. The lowest BCUT2D eigenvalue weighted by Gasteiger charge is -2.04. The molecule has 0 bridgehead atoms. The van der Waals surface area contributed by atoms with Gasteiger partial charge in [-0.15, -0.1) is 0 Å². The highest BCUT2D eigenvalue weighted by atomic mass is 32.2. The number of unbranched alkanes of at least 4 members (excludes halogenated alkanes) is 8. The third kappa shape index (κ3) is 14.2. The minimum Gasteiger partial charge on any atom is -0.479 e. The van der Waals surface area contributed by atoms with E-state index in [-0.39, 0.29) is 6.42 Å². The summed E-state index contributed by atoms with van der Waals surface area (Å²) in [4.78, 5) is 10.3. The maximum atomic E-state index is 12.7. The number of alkyl halides is 1. The number of thioether (sulfide) groups is 1. The van der Waals surface area contributed by atoms with Crippen LogP contribution in [0.5, 0.6) is 0 Å². The summed E-state index contributed by atoms with van der Waals surface area (Å²) in [7, 11) is 0. The number of carboxylic acid groups (broad SMARTS) is 1. The molecule has 0 rings (SSSR count). The van der Waals surface area contributed by atoms with Gasteiger partial charge in [0.15, 0.2) is 6.17 Å². The van der Waals surface area contributed by atoms with Gasteiger partial charge in [0.2, 0.25) is 0 Å². The molecule has 0 aliphatic carbocycles. The smallest absolute Gasteiger partial charge is 0.338 e. The molecule has 0 fully saturated rings. The predicted octanol–water partition coefficient (Wildman–Crippen LogP) is 5.45. The number of rotatable bonds is 15. The number of halogens is 1. The van der Waals surface area contributed by atoms with E-state index < -0.39 is 12.1 Å². The molecule has 1 atom stereocenters. The van der Waals surface area contributed by atoms with Gasteiger partial charge in [-0.25, -0.2) is 9.18 Å². The van der Waals surface area contributed by atoms with Crippen LogP contribution in [0.25, 0.3) is 0 Å². The number of carbonyl (C=O) groups is 1. The quantitative estimate of drug-likeness (QED) is 0.409. The summed E-state index contributed by atoms with van der Waals surface area (Å²) < 4.78 is 12.7. The van der Waals surface area contributed by atoms with E-state index in [1.54, 1.807) is 0 Å². The Morgan fingerprint density at radius 1 is 0.950 bits per heavy atom. The van der Waals surface area contributed by atoms with Crippen LogP contribution < -0.4 is 0 Å². The molecular formula is C16H31FO2S. The number of hydrogen-bond acceptors (Lipinski definition) is 2. The van der Waals surface area contributed by atoms with Crippen LogP contribution in [-0.2, 0) is 4.79 Å². The van der Waals surface area contributed by atoms with Crippen molar-refractivity contribution in [1.82, 2.24) is 0 Å². The van der Waals surface area contributed by atoms with Crippen molar-refractivity contribution in [1.29, 1.82) is 0 Å². The summed E-state index contributed by atoms with van der Waals surface area (Å²) in [6.07, 6.45) is 11.2. The van der Waals surface area contributed by atoms with Gasteiger partial charge >= 0.3 is 5.97 Å². The fourth-order valence-corrected chi connectivity index (χ4v) is 3.09. The molecule has 0 aromatic rings. The summed E-state index contributed by atoms with van der Waals surface area (Å²) in [5, 5.41) is 8.39. The molecule has 20 heavy (non-hydrogen) atoms. The monoisotopic (exact) mass is 306 g/mol. The van der Waals surface area contributed by atoms with Crippen molar-refractivity contribution >= 4 is 17.7 Å². The van der Waals surface area contributed by atoms with E-state index >= 15 is 0 Å². The minimum absolute atomic E-state index is 0.153. The Morgan fingerprint density at radius 2 is 1.45 bits per heavy atom. The standard InChI is InChI=1S/C16H31FO2S/c1-2-3-4-5-6-7-8-9-10-13-20-14-11-12-15(17)16(18)19/h15H,2-14H2,1H3,(H,18,19). The molecule has 0 aliphatic heterocycles. The van der Waals surface area contributed by atoms with Gasteiger partial charge in [0.1, 0.15) is 0 Å². The van der Waals surface area contributed by atoms with Crippen molar-refractivity contribution in [2.24, 2.45) is 0 Å². The van der Waals surface area contributed by atoms with Gasteiger partial charge in [0, 0.05) is 0 Å². The molecule has 0 amide bonds. The van der Waals surface area contributed by atoms with E-state index in [0.717, 1.165) is 11.5 Å². The zero-order chi connectivity index (χ0) is 15.1. The molecule has 2 nitrogen and oxygen atoms in total. The Hall–Kier alpha value is -0.250. The SMILES string of the molecule is CCCCCCCCCCCSCCCC(F)C(=O)O. The van der Waals surface area contributed by atoms with Crippen LogP contribution >= 0.6 is 11.8 Å². The zero-order valence-electron chi connectivity index (χ0n) is 12.9. The van der Waals surface area contributed by atoms with Crippen LogP contribution in [0.4, 0.5) is 4.39 Å². The van der Waals surface area contributed by atoms with E-state index in [9.17, 15) is 9.18 Å². The van der Waals surface area contributed by atoms with E-state index in [2.05, 4.69) is 6.92 Å². The molecule has 0 heterocycles. The molecule has 0 spiro atoms. The maximum absolute atomic E-state index is 12.7. The Labute approximate surface area is 127 Å². The molecule has 0 saturated heterocycles. The molecule has 1 unspecified atom stereocenters. The summed E-state index contributed by atoms with van der Waals surface area (Å²) in [6, 6.07) is 0. The van der Waals surface area contributed by atoms with Crippen molar-refractivity contribution in [2.45, 2.75) is 83.7 Å². The summed E-state index contributed by atoms with van der Waals surface area (Å²) in [5.74, 6) is 0.679. The van der Waals surface area contributed by atoms with Crippen LogP contribution in [0.3, 0.4) is 0 Å². The molecule has 1 N–H and O–H groups in total. The molecule has 120 valence electrons. The first kappa shape index (κ1) is 19.8. The Morgan fingerprint density at radius 3 is 2.00 bits per heavy atom. The fraction of sp³-hybridized carbons (Fsp3) is 0.938. The first-order valence-electron chi connectivity index (χ1n) is 8.13. The predicted molar refractivity (Wildman–Crippen MR) is 86.3 cm³/mol. The van der Waals surface area contributed by atoms with E-state index in [4.69, 9.17) is 5.11 Å². The highest BCUT2D eigenvalue weighted by Gasteiger charge is 2.14. The normalized spacial score (nSPS) is 12.5.